The van der Waals surface area contributed by atoms with Crippen LogP contribution in [0.25, 0.3) is 0 Å². The van der Waals surface area contributed by atoms with Crippen molar-refractivity contribution >= 4 is 0 Å². The normalized spacial score (nSPS) is 27.1. The third-order valence-corrected chi connectivity index (χ3v) is 4.61. The molecule has 1 aromatic rings. The third kappa shape index (κ3) is 4.35. The summed E-state index contributed by atoms with van der Waals surface area (Å²) < 4.78 is 5.49. The lowest BCUT2D eigenvalue weighted by atomic mass is 9.78. The maximum Gasteiger partial charge on any atom is 0.117 e. The Morgan fingerprint density at radius 1 is 1.35 bits per heavy atom. The molecule has 0 radical (unpaired) electrons. The van der Waals surface area contributed by atoms with E-state index in [1.165, 1.54) is 25.8 Å². The average molecular weight is 278 g/mol. The number of rotatable bonds is 7. The molecule has 1 aromatic heterocycles. The highest BCUT2D eigenvalue weighted by Gasteiger charge is 2.29. The molecular formula is C17H30N2O. The van der Waals surface area contributed by atoms with Crippen LogP contribution in [0.2, 0.25) is 0 Å². The Labute approximate surface area is 123 Å². The van der Waals surface area contributed by atoms with Gasteiger partial charge < -0.3 is 9.73 Å². The van der Waals surface area contributed by atoms with Crippen LogP contribution >= 0.6 is 0 Å². The van der Waals surface area contributed by atoms with Crippen molar-refractivity contribution in [2.45, 2.75) is 52.6 Å². The van der Waals surface area contributed by atoms with Crippen LogP contribution in [0.4, 0.5) is 0 Å². The second kappa shape index (κ2) is 7.84. The summed E-state index contributed by atoms with van der Waals surface area (Å²) in [6.07, 6.45) is 5.83. The second-order valence-electron chi connectivity index (χ2n) is 6.25. The maximum atomic E-state index is 5.49. The molecule has 0 aliphatic heterocycles. The van der Waals surface area contributed by atoms with Gasteiger partial charge in [-0.05, 0) is 56.3 Å². The Hall–Kier alpha value is -0.800. The topological polar surface area (TPSA) is 28.4 Å². The first-order valence-electron chi connectivity index (χ1n) is 8.21. The highest BCUT2D eigenvalue weighted by atomic mass is 16.3. The largest absolute Gasteiger partial charge is 0.468 e. The fraction of sp³-hybridized carbons (Fsp3) is 0.765. The van der Waals surface area contributed by atoms with Gasteiger partial charge in [0.25, 0.3) is 0 Å². The predicted octanol–water partition coefficient (Wildman–Crippen LogP) is 3.52. The van der Waals surface area contributed by atoms with Crippen LogP contribution in [0.3, 0.4) is 0 Å². The van der Waals surface area contributed by atoms with E-state index in [0.717, 1.165) is 37.2 Å². The summed E-state index contributed by atoms with van der Waals surface area (Å²) in [5, 5.41) is 3.69. The average Bonchev–Trinajstić information content (AvgIpc) is 2.94. The third-order valence-electron chi connectivity index (χ3n) is 4.61. The van der Waals surface area contributed by atoms with Gasteiger partial charge in [-0.25, -0.2) is 0 Å². The van der Waals surface area contributed by atoms with E-state index in [1.807, 2.05) is 6.07 Å². The Kier molecular flexibility index (Phi) is 6.11. The zero-order valence-electron chi connectivity index (χ0n) is 13.3. The van der Waals surface area contributed by atoms with E-state index in [-0.39, 0.29) is 0 Å². The zero-order valence-corrected chi connectivity index (χ0v) is 13.3. The van der Waals surface area contributed by atoms with Crippen molar-refractivity contribution in [3.63, 3.8) is 0 Å². The molecule has 0 amide bonds. The van der Waals surface area contributed by atoms with Crippen LogP contribution < -0.4 is 5.32 Å². The van der Waals surface area contributed by atoms with E-state index in [2.05, 4.69) is 37.1 Å². The van der Waals surface area contributed by atoms with Crippen LogP contribution in [-0.2, 0) is 6.54 Å². The standard InChI is InChI=1S/C17H30N2O/c1-4-18-17-9-8-14(3)11-15(17)12-19(5-2)13-16-7-6-10-20-16/h6-7,10,14-15,17-18H,4-5,8-9,11-13H2,1-3H3. The Balaban J connectivity index is 1.92. The molecule has 3 nitrogen and oxygen atoms in total. The van der Waals surface area contributed by atoms with E-state index < -0.39 is 0 Å². The molecule has 3 atom stereocenters. The van der Waals surface area contributed by atoms with Gasteiger partial charge in [0.1, 0.15) is 5.76 Å². The summed E-state index contributed by atoms with van der Waals surface area (Å²) in [4.78, 5) is 2.52. The van der Waals surface area contributed by atoms with Gasteiger partial charge in [0.05, 0.1) is 12.8 Å². The number of hydrogen-bond donors (Lipinski definition) is 1. The van der Waals surface area contributed by atoms with E-state index in [1.54, 1.807) is 6.26 Å². The Morgan fingerprint density at radius 3 is 2.85 bits per heavy atom. The highest BCUT2D eigenvalue weighted by molar-refractivity contribution is 4.98. The monoisotopic (exact) mass is 278 g/mol. The van der Waals surface area contributed by atoms with Gasteiger partial charge in [0.2, 0.25) is 0 Å². The van der Waals surface area contributed by atoms with Crippen molar-refractivity contribution in [1.82, 2.24) is 10.2 Å². The van der Waals surface area contributed by atoms with Crippen LogP contribution in [0, 0.1) is 11.8 Å². The van der Waals surface area contributed by atoms with Gasteiger partial charge in [-0.15, -0.1) is 0 Å². The van der Waals surface area contributed by atoms with Crippen molar-refractivity contribution in [3.8, 4) is 0 Å². The van der Waals surface area contributed by atoms with Crippen LogP contribution in [0.15, 0.2) is 22.8 Å². The molecule has 1 fully saturated rings. The molecule has 0 spiro atoms. The van der Waals surface area contributed by atoms with Crippen molar-refractivity contribution < 1.29 is 4.42 Å². The van der Waals surface area contributed by atoms with Crippen molar-refractivity contribution in [2.24, 2.45) is 11.8 Å². The van der Waals surface area contributed by atoms with Crippen molar-refractivity contribution in [2.75, 3.05) is 19.6 Å². The van der Waals surface area contributed by atoms with E-state index in [9.17, 15) is 0 Å². The molecule has 20 heavy (non-hydrogen) atoms. The number of nitrogens with zero attached hydrogens (tertiary/aromatic N) is 1. The van der Waals surface area contributed by atoms with Crippen LogP contribution in [-0.4, -0.2) is 30.6 Å². The van der Waals surface area contributed by atoms with Gasteiger partial charge in [-0.2, -0.15) is 0 Å². The highest BCUT2D eigenvalue weighted by Crippen LogP contribution is 2.30. The zero-order chi connectivity index (χ0) is 14.4. The van der Waals surface area contributed by atoms with Gasteiger partial charge >= 0.3 is 0 Å². The minimum Gasteiger partial charge on any atom is -0.468 e. The Bertz CT molecular complexity index is 363. The summed E-state index contributed by atoms with van der Waals surface area (Å²) in [6, 6.07) is 4.75. The lowest BCUT2D eigenvalue weighted by molar-refractivity contribution is 0.139. The maximum absolute atomic E-state index is 5.49. The molecule has 114 valence electrons. The summed E-state index contributed by atoms with van der Waals surface area (Å²) in [5.74, 6) is 2.72. The van der Waals surface area contributed by atoms with E-state index in [0.29, 0.717) is 6.04 Å². The van der Waals surface area contributed by atoms with Crippen molar-refractivity contribution in [3.05, 3.63) is 24.2 Å². The fourth-order valence-electron chi connectivity index (χ4n) is 3.49. The van der Waals surface area contributed by atoms with E-state index >= 15 is 0 Å². The minimum absolute atomic E-state index is 0.696. The summed E-state index contributed by atoms with van der Waals surface area (Å²) in [7, 11) is 0. The fourth-order valence-corrected chi connectivity index (χ4v) is 3.49. The summed E-state index contributed by atoms with van der Waals surface area (Å²) in [6.45, 7) is 11.2. The molecule has 1 saturated carbocycles. The van der Waals surface area contributed by atoms with E-state index in [4.69, 9.17) is 4.42 Å². The predicted molar refractivity (Wildman–Crippen MR) is 83.6 cm³/mol. The first-order chi connectivity index (χ1) is 9.72. The van der Waals surface area contributed by atoms with Gasteiger partial charge in [0, 0.05) is 12.6 Å². The number of nitrogens with one attached hydrogen (secondary N) is 1. The molecule has 1 N–H and O–H groups in total. The van der Waals surface area contributed by atoms with Crippen molar-refractivity contribution in [1.29, 1.82) is 0 Å². The molecule has 0 saturated heterocycles. The minimum atomic E-state index is 0.696. The lowest BCUT2D eigenvalue weighted by Crippen LogP contribution is -2.45. The Morgan fingerprint density at radius 2 is 2.20 bits per heavy atom. The molecule has 2 rings (SSSR count). The SMILES string of the molecule is CCNC1CCC(C)CC1CN(CC)Cc1ccco1. The number of furan rings is 1. The summed E-state index contributed by atoms with van der Waals surface area (Å²) >= 11 is 0. The first kappa shape index (κ1) is 15.6. The van der Waals surface area contributed by atoms with Gasteiger partial charge in [0.15, 0.2) is 0 Å². The molecule has 1 aliphatic rings. The molecule has 3 heteroatoms. The summed E-state index contributed by atoms with van der Waals surface area (Å²) in [5.41, 5.74) is 0. The molecule has 1 aliphatic carbocycles. The second-order valence-corrected chi connectivity index (χ2v) is 6.25. The first-order valence-corrected chi connectivity index (χ1v) is 8.21. The molecule has 3 unspecified atom stereocenters. The molecule has 0 bridgehead atoms. The molecule has 1 heterocycles. The lowest BCUT2D eigenvalue weighted by Gasteiger charge is -2.38. The molecular weight excluding hydrogens is 248 g/mol. The van der Waals surface area contributed by atoms with Gasteiger partial charge in [-0.1, -0.05) is 20.8 Å². The van der Waals surface area contributed by atoms with Crippen LogP contribution in [0.5, 0.6) is 0 Å². The number of hydrogen-bond acceptors (Lipinski definition) is 3. The smallest absolute Gasteiger partial charge is 0.117 e. The van der Waals surface area contributed by atoms with Gasteiger partial charge in [-0.3, -0.25) is 4.90 Å². The van der Waals surface area contributed by atoms with Crippen LogP contribution in [0.1, 0.15) is 45.8 Å². The molecule has 0 aromatic carbocycles. The quantitative estimate of drug-likeness (QED) is 0.827.